The minimum absolute atomic E-state index is 0.0118. The zero-order valence-electron chi connectivity index (χ0n) is 8.05. The van der Waals surface area contributed by atoms with Gasteiger partial charge in [0.25, 0.3) is 0 Å². The molecule has 72 valence electrons. The van der Waals surface area contributed by atoms with Crippen LogP contribution in [-0.2, 0) is 0 Å². The van der Waals surface area contributed by atoms with E-state index in [1.165, 1.54) is 0 Å². The van der Waals surface area contributed by atoms with Gasteiger partial charge in [-0.05, 0) is 19.3 Å². The van der Waals surface area contributed by atoms with E-state index in [9.17, 15) is 4.79 Å². The van der Waals surface area contributed by atoms with Crippen molar-refractivity contribution in [1.82, 2.24) is 10.2 Å². The normalized spacial score (nSPS) is 18.0. The molecule has 1 aliphatic heterocycles. The lowest BCUT2D eigenvalue weighted by Gasteiger charge is -2.18. The summed E-state index contributed by atoms with van der Waals surface area (Å²) in [5.74, 6) is 2.55. The molecule has 0 spiro atoms. The van der Waals surface area contributed by atoms with Crippen LogP contribution in [-0.4, -0.2) is 30.1 Å². The average Bonchev–Trinajstić information content (AvgIpc) is 2.66. The second-order valence-electron chi connectivity index (χ2n) is 3.27. The molecule has 1 unspecified atom stereocenters. The summed E-state index contributed by atoms with van der Waals surface area (Å²) in [6.07, 6.45) is 8.26. The third kappa shape index (κ3) is 2.66. The summed E-state index contributed by atoms with van der Waals surface area (Å²) in [7, 11) is 0. The highest BCUT2D eigenvalue weighted by molar-refractivity contribution is 5.75. The molecule has 1 fully saturated rings. The van der Waals surface area contributed by atoms with E-state index >= 15 is 0 Å². The quantitative estimate of drug-likeness (QED) is 0.636. The lowest BCUT2D eigenvalue weighted by atomic mass is 10.2. The van der Waals surface area contributed by atoms with Gasteiger partial charge in [-0.1, -0.05) is 12.8 Å². The Morgan fingerprint density at radius 1 is 1.62 bits per heavy atom. The van der Waals surface area contributed by atoms with Crippen LogP contribution in [0.25, 0.3) is 0 Å². The SMILES string of the molecule is C#CC(CC)NC(=O)N1CCCC1. The average molecular weight is 180 g/mol. The Morgan fingerprint density at radius 3 is 2.69 bits per heavy atom. The molecule has 0 aromatic rings. The van der Waals surface area contributed by atoms with Crippen molar-refractivity contribution < 1.29 is 4.79 Å². The lowest BCUT2D eigenvalue weighted by molar-refractivity contribution is 0.206. The van der Waals surface area contributed by atoms with E-state index in [0.29, 0.717) is 0 Å². The van der Waals surface area contributed by atoms with E-state index in [-0.39, 0.29) is 12.1 Å². The lowest BCUT2D eigenvalue weighted by Crippen LogP contribution is -2.42. The highest BCUT2D eigenvalue weighted by Crippen LogP contribution is 2.07. The van der Waals surface area contributed by atoms with Gasteiger partial charge in [-0.2, -0.15) is 0 Å². The molecule has 0 saturated carbocycles. The Balaban J connectivity index is 2.35. The van der Waals surface area contributed by atoms with Crippen LogP contribution in [0.15, 0.2) is 0 Å². The number of nitrogens with one attached hydrogen (secondary N) is 1. The molecule has 1 rings (SSSR count). The molecule has 1 N–H and O–H groups in total. The molecule has 0 bridgehead atoms. The summed E-state index contributed by atoms with van der Waals surface area (Å²) >= 11 is 0. The van der Waals surface area contributed by atoms with E-state index in [1.54, 1.807) is 0 Å². The molecule has 1 saturated heterocycles. The van der Waals surface area contributed by atoms with Gasteiger partial charge in [-0.15, -0.1) is 6.42 Å². The second-order valence-corrected chi connectivity index (χ2v) is 3.27. The Morgan fingerprint density at radius 2 is 2.23 bits per heavy atom. The van der Waals surface area contributed by atoms with Gasteiger partial charge in [0.1, 0.15) is 0 Å². The smallest absolute Gasteiger partial charge is 0.318 e. The zero-order valence-corrected chi connectivity index (χ0v) is 8.05. The predicted octanol–water partition coefficient (Wildman–Crippen LogP) is 1.20. The van der Waals surface area contributed by atoms with Crippen LogP contribution in [0, 0.1) is 12.3 Å². The van der Waals surface area contributed by atoms with Gasteiger partial charge < -0.3 is 10.2 Å². The van der Waals surface area contributed by atoms with Gasteiger partial charge >= 0.3 is 6.03 Å². The van der Waals surface area contributed by atoms with Crippen LogP contribution in [0.1, 0.15) is 26.2 Å². The molecular formula is C10H16N2O. The number of carbonyl (C=O) groups excluding carboxylic acids is 1. The van der Waals surface area contributed by atoms with Crippen molar-refractivity contribution in [3.8, 4) is 12.3 Å². The summed E-state index contributed by atoms with van der Waals surface area (Å²) in [6, 6.07) is -0.129. The number of hydrogen-bond donors (Lipinski definition) is 1. The van der Waals surface area contributed by atoms with E-state index < -0.39 is 0 Å². The van der Waals surface area contributed by atoms with Crippen LogP contribution in [0.5, 0.6) is 0 Å². The van der Waals surface area contributed by atoms with Gasteiger partial charge in [0, 0.05) is 13.1 Å². The number of carbonyl (C=O) groups is 1. The molecule has 2 amide bonds. The van der Waals surface area contributed by atoms with Gasteiger partial charge in [-0.25, -0.2) is 4.79 Å². The largest absolute Gasteiger partial charge is 0.325 e. The van der Waals surface area contributed by atoms with Crippen LogP contribution < -0.4 is 5.32 Å². The van der Waals surface area contributed by atoms with Crippen molar-refractivity contribution in [3.05, 3.63) is 0 Å². The molecule has 1 atom stereocenters. The van der Waals surface area contributed by atoms with Crippen LogP contribution >= 0.6 is 0 Å². The van der Waals surface area contributed by atoms with Crippen molar-refractivity contribution in [1.29, 1.82) is 0 Å². The Hall–Kier alpha value is -1.17. The molecule has 3 nitrogen and oxygen atoms in total. The third-order valence-corrected chi connectivity index (χ3v) is 2.30. The third-order valence-electron chi connectivity index (χ3n) is 2.30. The summed E-state index contributed by atoms with van der Waals surface area (Å²) in [6.45, 7) is 3.70. The number of urea groups is 1. The first kappa shape index (κ1) is 9.91. The first-order chi connectivity index (χ1) is 6.27. The van der Waals surface area contributed by atoms with Crippen molar-refractivity contribution >= 4 is 6.03 Å². The van der Waals surface area contributed by atoms with E-state index in [1.807, 2.05) is 11.8 Å². The van der Waals surface area contributed by atoms with E-state index in [0.717, 1.165) is 32.4 Å². The maximum absolute atomic E-state index is 11.5. The Kier molecular flexibility index (Phi) is 3.63. The fourth-order valence-electron chi connectivity index (χ4n) is 1.42. The number of likely N-dealkylation sites (tertiary alicyclic amines) is 1. The molecular weight excluding hydrogens is 164 g/mol. The summed E-state index contributed by atoms with van der Waals surface area (Å²) in [4.78, 5) is 13.3. The van der Waals surface area contributed by atoms with E-state index in [2.05, 4.69) is 11.2 Å². The van der Waals surface area contributed by atoms with Gasteiger partial charge in [0.05, 0.1) is 6.04 Å². The second kappa shape index (κ2) is 4.76. The topological polar surface area (TPSA) is 32.3 Å². The van der Waals surface area contributed by atoms with E-state index in [4.69, 9.17) is 6.42 Å². The van der Waals surface area contributed by atoms with Crippen LogP contribution in [0.3, 0.4) is 0 Å². The molecule has 13 heavy (non-hydrogen) atoms. The molecule has 1 aliphatic rings. The molecule has 0 aromatic carbocycles. The molecule has 0 aliphatic carbocycles. The van der Waals surface area contributed by atoms with Crippen LogP contribution in [0.2, 0.25) is 0 Å². The fourth-order valence-corrected chi connectivity index (χ4v) is 1.42. The highest BCUT2D eigenvalue weighted by atomic mass is 16.2. The number of terminal acetylenes is 1. The zero-order chi connectivity index (χ0) is 9.68. The number of rotatable bonds is 2. The van der Waals surface area contributed by atoms with Gasteiger partial charge in [0.2, 0.25) is 0 Å². The minimum Gasteiger partial charge on any atom is -0.325 e. The molecule has 1 heterocycles. The number of hydrogen-bond acceptors (Lipinski definition) is 1. The minimum atomic E-state index is -0.117. The van der Waals surface area contributed by atoms with Crippen molar-refractivity contribution in [2.75, 3.05) is 13.1 Å². The highest BCUT2D eigenvalue weighted by Gasteiger charge is 2.18. The van der Waals surface area contributed by atoms with Gasteiger partial charge in [0.15, 0.2) is 0 Å². The summed E-state index contributed by atoms with van der Waals surface area (Å²) < 4.78 is 0. The number of amides is 2. The maximum Gasteiger partial charge on any atom is 0.318 e. The van der Waals surface area contributed by atoms with Gasteiger partial charge in [-0.3, -0.25) is 0 Å². The van der Waals surface area contributed by atoms with Crippen molar-refractivity contribution in [2.45, 2.75) is 32.2 Å². The van der Waals surface area contributed by atoms with Crippen molar-refractivity contribution in [2.24, 2.45) is 0 Å². The maximum atomic E-state index is 11.5. The molecule has 3 heteroatoms. The van der Waals surface area contributed by atoms with Crippen LogP contribution in [0.4, 0.5) is 4.79 Å². The fraction of sp³-hybridized carbons (Fsp3) is 0.700. The first-order valence-electron chi connectivity index (χ1n) is 4.79. The standard InChI is InChI=1S/C10H16N2O/c1-3-9(4-2)11-10(13)12-7-5-6-8-12/h1,9H,4-8H2,2H3,(H,11,13). The molecule has 0 aromatic heterocycles. The predicted molar refractivity (Wildman–Crippen MR) is 52.3 cm³/mol. The van der Waals surface area contributed by atoms with Crippen molar-refractivity contribution in [3.63, 3.8) is 0 Å². The molecule has 0 radical (unpaired) electrons. The Labute approximate surface area is 79.5 Å². The number of nitrogens with zero attached hydrogens (tertiary/aromatic N) is 1. The summed E-state index contributed by atoms with van der Waals surface area (Å²) in [5.41, 5.74) is 0. The Bertz CT molecular complexity index is 213. The first-order valence-corrected chi connectivity index (χ1v) is 4.79. The summed E-state index contributed by atoms with van der Waals surface area (Å²) in [5, 5.41) is 2.81. The monoisotopic (exact) mass is 180 g/mol.